The lowest BCUT2D eigenvalue weighted by molar-refractivity contribution is -0.137. The quantitative estimate of drug-likeness (QED) is 0.352. The number of ether oxygens (including phenoxy) is 1. The first kappa shape index (κ1) is 22.4. The summed E-state index contributed by atoms with van der Waals surface area (Å²) in [6.07, 6.45) is 11.9. The molecule has 0 spiro atoms. The smallest absolute Gasteiger partial charge is 0.303 e. The molecule has 27 heavy (non-hydrogen) atoms. The molecule has 0 aromatic heterocycles. The van der Waals surface area contributed by atoms with E-state index in [4.69, 9.17) is 9.84 Å². The number of carboxylic acids is 1. The second-order valence-electron chi connectivity index (χ2n) is 8.74. The average Bonchev–Trinajstić information content (AvgIpc) is 3.07. The molecule has 0 heterocycles. The Morgan fingerprint density at radius 1 is 1.33 bits per heavy atom. The first-order chi connectivity index (χ1) is 12.8. The van der Waals surface area contributed by atoms with Crippen LogP contribution < -0.4 is 0 Å². The lowest BCUT2D eigenvalue weighted by Crippen LogP contribution is -2.35. The highest BCUT2D eigenvalue weighted by atomic mass is 16.5. The lowest BCUT2D eigenvalue weighted by atomic mass is 9.85. The highest BCUT2D eigenvalue weighted by Gasteiger charge is 2.54. The van der Waals surface area contributed by atoms with Crippen LogP contribution in [0.25, 0.3) is 0 Å². The Labute approximate surface area is 163 Å². The third kappa shape index (κ3) is 6.58. The molecule has 2 rings (SSSR count). The minimum absolute atomic E-state index is 0.0176. The molecule has 3 unspecified atom stereocenters. The van der Waals surface area contributed by atoms with E-state index < -0.39 is 17.7 Å². The van der Waals surface area contributed by atoms with Gasteiger partial charge in [-0.2, -0.15) is 0 Å². The zero-order valence-corrected chi connectivity index (χ0v) is 17.0. The summed E-state index contributed by atoms with van der Waals surface area (Å²) in [5, 5.41) is 30.2. The molecule has 6 atom stereocenters. The number of aliphatic hydroxyl groups is 2. The van der Waals surface area contributed by atoms with Gasteiger partial charge in [0, 0.05) is 25.4 Å². The summed E-state index contributed by atoms with van der Waals surface area (Å²) in [6.45, 7) is 4.81. The van der Waals surface area contributed by atoms with Gasteiger partial charge in [-0.1, -0.05) is 45.3 Å². The van der Waals surface area contributed by atoms with Gasteiger partial charge in [-0.05, 0) is 43.9 Å². The number of rotatable bonds is 12. The number of carbonyl (C=O) groups is 1. The lowest BCUT2D eigenvalue weighted by Gasteiger charge is -2.28. The maximum atomic E-state index is 11.2. The highest BCUT2D eigenvalue weighted by molar-refractivity contribution is 5.66. The molecule has 2 aliphatic rings. The molecule has 2 saturated carbocycles. The van der Waals surface area contributed by atoms with Crippen molar-refractivity contribution in [2.24, 2.45) is 17.8 Å². The number of carboxylic acid groups (broad SMARTS) is 1. The van der Waals surface area contributed by atoms with Gasteiger partial charge in [0.15, 0.2) is 0 Å². The number of hydrogen-bond acceptors (Lipinski definition) is 4. The standard InChI is InChI=1S/C22H38O5/c1-3-4-6-16(2)13-19(23)11-10-17-8-9-18-14-20(15-22(17,18)26)27-12-5-7-21(24)25/h10-11,16-20,23,26H,3-9,12-15H2,1-2H3,(H,24,25)/t16?,17-,18+,19?,20?,22+/m0/s1. The van der Waals surface area contributed by atoms with E-state index in [1.165, 1.54) is 12.8 Å². The van der Waals surface area contributed by atoms with E-state index in [9.17, 15) is 15.0 Å². The van der Waals surface area contributed by atoms with Crippen LogP contribution in [0.4, 0.5) is 0 Å². The van der Waals surface area contributed by atoms with Crippen molar-refractivity contribution in [1.29, 1.82) is 0 Å². The first-order valence-electron chi connectivity index (χ1n) is 10.8. The molecule has 0 aliphatic heterocycles. The molecule has 0 bridgehead atoms. The van der Waals surface area contributed by atoms with E-state index in [0.29, 0.717) is 25.4 Å². The van der Waals surface area contributed by atoms with Gasteiger partial charge in [0.1, 0.15) is 0 Å². The second kappa shape index (κ2) is 10.6. The van der Waals surface area contributed by atoms with E-state index in [1.54, 1.807) is 0 Å². The van der Waals surface area contributed by atoms with Crippen LogP contribution in [0, 0.1) is 17.8 Å². The normalized spacial score (nSPS) is 32.7. The van der Waals surface area contributed by atoms with Crippen LogP contribution >= 0.6 is 0 Å². The van der Waals surface area contributed by atoms with Crippen molar-refractivity contribution in [3.63, 3.8) is 0 Å². The van der Waals surface area contributed by atoms with Crippen LogP contribution in [0.15, 0.2) is 12.2 Å². The van der Waals surface area contributed by atoms with Crippen LogP contribution in [-0.2, 0) is 9.53 Å². The van der Waals surface area contributed by atoms with Crippen molar-refractivity contribution in [2.75, 3.05) is 6.61 Å². The van der Waals surface area contributed by atoms with Crippen molar-refractivity contribution in [2.45, 2.75) is 95.9 Å². The first-order valence-corrected chi connectivity index (χ1v) is 10.8. The predicted molar refractivity (Wildman–Crippen MR) is 105 cm³/mol. The van der Waals surface area contributed by atoms with Gasteiger partial charge in [0.2, 0.25) is 0 Å². The fourth-order valence-corrected chi connectivity index (χ4v) is 4.88. The van der Waals surface area contributed by atoms with E-state index in [1.807, 2.05) is 12.2 Å². The molecular weight excluding hydrogens is 344 g/mol. The third-order valence-corrected chi connectivity index (χ3v) is 6.43. The van der Waals surface area contributed by atoms with Crippen LogP contribution in [0.5, 0.6) is 0 Å². The zero-order chi connectivity index (χ0) is 19.9. The number of unbranched alkanes of at least 4 members (excludes halogenated alkanes) is 1. The summed E-state index contributed by atoms with van der Waals surface area (Å²) in [4.78, 5) is 10.6. The highest BCUT2D eigenvalue weighted by Crippen LogP contribution is 2.52. The minimum Gasteiger partial charge on any atom is -0.481 e. The van der Waals surface area contributed by atoms with E-state index in [2.05, 4.69) is 13.8 Å². The van der Waals surface area contributed by atoms with Crippen LogP contribution in [0.2, 0.25) is 0 Å². The van der Waals surface area contributed by atoms with E-state index >= 15 is 0 Å². The van der Waals surface area contributed by atoms with Crippen LogP contribution in [0.1, 0.15) is 78.1 Å². The van der Waals surface area contributed by atoms with Gasteiger partial charge >= 0.3 is 5.97 Å². The van der Waals surface area contributed by atoms with Crippen LogP contribution in [-0.4, -0.2) is 45.7 Å². The maximum absolute atomic E-state index is 11.2. The Morgan fingerprint density at radius 3 is 2.81 bits per heavy atom. The van der Waals surface area contributed by atoms with Gasteiger partial charge < -0.3 is 20.1 Å². The van der Waals surface area contributed by atoms with Crippen molar-refractivity contribution in [3.05, 3.63) is 12.2 Å². The molecule has 0 radical (unpaired) electrons. The minimum atomic E-state index is -0.798. The molecule has 2 fully saturated rings. The fourth-order valence-electron chi connectivity index (χ4n) is 4.88. The molecule has 0 aromatic rings. The predicted octanol–water partition coefficient (Wildman–Crippen LogP) is 3.92. The Balaban J connectivity index is 1.79. The molecule has 0 aromatic carbocycles. The average molecular weight is 383 g/mol. The van der Waals surface area contributed by atoms with Crippen LogP contribution in [0.3, 0.4) is 0 Å². The summed E-state index contributed by atoms with van der Waals surface area (Å²) in [5.74, 6) is 0.0420. The van der Waals surface area contributed by atoms with Gasteiger partial charge in [0.25, 0.3) is 0 Å². The van der Waals surface area contributed by atoms with E-state index in [-0.39, 0.29) is 24.4 Å². The van der Waals surface area contributed by atoms with Crippen molar-refractivity contribution < 1.29 is 24.9 Å². The molecule has 5 nitrogen and oxygen atoms in total. The van der Waals surface area contributed by atoms with Gasteiger partial charge in [-0.3, -0.25) is 4.79 Å². The second-order valence-corrected chi connectivity index (χ2v) is 8.74. The zero-order valence-electron chi connectivity index (χ0n) is 17.0. The summed E-state index contributed by atoms with van der Waals surface area (Å²) >= 11 is 0. The fraction of sp³-hybridized carbons (Fsp3) is 0.864. The Morgan fingerprint density at radius 2 is 2.11 bits per heavy atom. The molecule has 156 valence electrons. The number of hydrogen-bond donors (Lipinski definition) is 3. The SMILES string of the molecule is CCCCC(C)CC(O)C=C[C@@H]1CC[C@@H]2CC(OCCCC(=O)O)C[C@]21O. The maximum Gasteiger partial charge on any atom is 0.303 e. The largest absolute Gasteiger partial charge is 0.481 e. The summed E-state index contributed by atoms with van der Waals surface area (Å²) in [7, 11) is 0. The monoisotopic (exact) mass is 382 g/mol. The molecule has 0 amide bonds. The van der Waals surface area contributed by atoms with Crippen molar-refractivity contribution >= 4 is 5.97 Å². The Kier molecular flexibility index (Phi) is 8.77. The topological polar surface area (TPSA) is 87.0 Å². The Bertz CT molecular complexity index is 491. The van der Waals surface area contributed by atoms with Gasteiger partial charge in [-0.25, -0.2) is 0 Å². The van der Waals surface area contributed by atoms with Crippen molar-refractivity contribution in [1.82, 2.24) is 0 Å². The summed E-state index contributed by atoms with van der Waals surface area (Å²) in [5.41, 5.74) is -0.735. The molecule has 5 heteroatoms. The molecule has 2 aliphatic carbocycles. The molecule has 3 N–H and O–H groups in total. The molecular formula is C22H38O5. The Hall–Kier alpha value is -0.910. The van der Waals surface area contributed by atoms with Crippen molar-refractivity contribution in [3.8, 4) is 0 Å². The van der Waals surface area contributed by atoms with E-state index in [0.717, 1.165) is 32.1 Å². The molecule has 0 saturated heterocycles. The van der Waals surface area contributed by atoms with Gasteiger partial charge in [-0.15, -0.1) is 0 Å². The third-order valence-electron chi connectivity index (χ3n) is 6.43. The summed E-state index contributed by atoms with van der Waals surface area (Å²) in [6, 6.07) is 0. The summed E-state index contributed by atoms with van der Waals surface area (Å²) < 4.78 is 5.82. The number of aliphatic carboxylic acids is 1. The number of fused-ring (bicyclic) bond motifs is 1. The number of aliphatic hydroxyl groups excluding tert-OH is 1. The van der Waals surface area contributed by atoms with Gasteiger partial charge in [0.05, 0.1) is 17.8 Å².